The van der Waals surface area contributed by atoms with Gasteiger partial charge in [0.05, 0.1) is 11.5 Å². The van der Waals surface area contributed by atoms with Crippen molar-refractivity contribution in [3.05, 3.63) is 29.3 Å². The Labute approximate surface area is 128 Å². The quantitative estimate of drug-likeness (QED) is 0.750. The fraction of sp³-hybridized carbons (Fsp3) is 0.625. The van der Waals surface area contributed by atoms with E-state index >= 15 is 0 Å². The molecule has 0 spiro atoms. The SMILES string of the molecule is CCCCCN(C(C)C)S(=O)(=O)c1ccc(C)c(CO)c1. The molecule has 1 aromatic rings. The van der Waals surface area contributed by atoms with Gasteiger partial charge in [0.1, 0.15) is 0 Å². The standard InChI is InChI=1S/C16H27NO3S/c1-5-6-7-10-17(13(2)3)21(19,20)16-9-8-14(4)15(11-16)12-18/h8-9,11,13,18H,5-7,10,12H2,1-4H3. The molecule has 0 amide bonds. The van der Waals surface area contributed by atoms with Crippen LogP contribution in [0.2, 0.25) is 0 Å². The molecule has 0 heterocycles. The molecule has 0 aliphatic heterocycles. The molecule has 0 unspecified atom stereocenters. The van der Waals surface area contributed by atoms with Crippen molar-refractivity contribution in [3.63, 3.8) is 0 Å². The van der Waals surface area contributed by atoms with Gasteiger partial charge >= 0.3 is 0 Å². The highest BCUT2D eigenvalue weighted by atomic mass is 32.2. The summed E-state index contributed by atoms with van der Waals surface area (Å²) in [5, 5.41) is 9.32. The molecule has 0 radical (unpaired) electrons. The summed E-state index contributed by atoms with van der Waals surface area (Å²) >= 11 is 0. The molecule has 1 N–H and O–H groups in total. The van der Waals surface area contributed by atoms with Gasteiger partial charge in [-0.15, -0.1) is 0 Å². The van der Waals surface area contributed by atoms with Gasteiger partial charge in [0.15, 0.2) is 0 Å². The third-order valence-electron chi connectivity index (χ3n) is 3.66. The average molecular weight is 313 g/mol. The highest BCUT2D eigenvalue weighted by Crippen LogP contribution is 2.22. The predicted octanol–water partition coefficient (Wildman–Crippen LogP) is 3.08. The van der Waals surface area contributed by atoms with E-state index in [0.717, 1.165) is 24.8 Å². The first-order valence-corrected chi connectivity index (χ1v) is 9.00. The minimum atomic E-state index is -3.51. The lowest BCUT2D eigenvalue weighted by molar-refractivity contribution is 0.280. The topological polar surface area (TPSA) is 57.6 Å². The molecule has 1 rings (SSSR count). The van der Waals surface area contributed by atoms with E-state index in [2.05, 4.69) is 6.92 Å². The lowest BCUT2D eigenvalue weighted by Crippen LogP contribution is -2.37. The third kappa shape index (κ3) is 4.53. The van der Waals surface area contributed by atoms with Crippen LogP contribution in [0.25, 0.3) is 0 Å². The Morgan fingerprint density at radius 3 is 2.43 bits per heavy atom. The van der Waals surface area contributed by atoms with Crippen LogP contribution in [0.1, 0.15) is 51.2 Å². The molecule has 0 aliphatic rings. The molecule has 0 saturated carbocycles. The number of aliphatic hydroxyl groups is 1. The van der Waals surface area contributed by atoms with Crippen LogP contribution in [0, 0.1) is 6.92 Å². The van der Waals surface area contributed by atoms with Crippen LogP contribution in [-0.2, 0) is 16.6 Å². The van der Waals surface area contributed by atoms with Crippen LogP contribution >= 0.6 is 0 Å². The maximum absolute atomic E-state index is 12.8. The van der Waals surface area contributed by atoms with Gasteiger partial charge in [0, 0.05) is 12.6 Å². The molecule has 0 bridgehead atoms. The zero-order valence-electron chi connectivity index (χ0n) is 13.5. The van der Waals surface area contributed by atoms with Crippen LogP contribution in [0.3, 0.4) is 0 Å². The fourth-order valence-electron chi connectivity index (χ4n) is 2.29. The van der Waals surface area contributed by atoms with Crippen molar-refractivity contribution in [2.24, 2.45) is 0 Å². The highest BCUT2D eigenvalue weighted by molar-refractivity contribution is 7.89. The summed E-state index contributed by atoms with van der Waals surface area (Å²) in [4.78, 5) is 0.266. The largest absolute Gasteiger partial charge is 0.392 e. The van der Waals surface area contributed by atoms with Gasteiger partial charge in [-0.1, -0.05) is 25.8 Å². The minimum Gasteiger partial charge on any atom is -0.392 e. The summed E-state index contributed by atoms with van der Waals surface area (Å²) in [7, 11) is -3.51. The Morgan fingerprint density at radius 1 is 1.24 bits per heavy atom. The molecule has 0 aromatic heterocycles. The van der Waals surface area contributed by atoms with E-state index in [1.165, 1.54) is 0 Å². The molecule has 0 saturated heterocycles. The van der Waals surface area contributed by atoms with Gasteiger partial charge in [-0.2, -0.15) is 4.31 Å². The molecule has 21 heavy (non-hydrogen) atoms. The highest BCUT2D eigenvalue weighted by Gasteiger charge is 2.26. The lowest BCUT2D eigenvalue weighted by atomic mass is 10.1. The Balaban J connectivity index is 3.10. The number of sulfonamides is 1. The van der Waals surface area contributed by atoms with Crippen LogP contribution < -0.4 is 0 Å². The summed E-state index contributed by atoms with van der Waals surface area (Å²) in [6.45, 7) is 8.14. The Bertz CT molecular complexity index is 553. The zero-order valence-corrected chi connectivity index (χ0v) is 14.3. The normalized spacial score (nSPS) is 12.3. The molecule has 4 nitrogen and oxygen atoms in total. The van der Waals surface area contributed by atoms with Crippen molar-refractivity contribution in [1.29, 1.82) is 0 Å². The molecule has 1 aromatic carbocycles. The van der Waals surface area contributed by atoms with E-state index < -0.39 is 10.0 Å². The summed E-state index contributed by atoms with van der Waals surface area (Å²) in [5.41, 5.74) is 1.56. The van der Waals surface area contributed by atoms with Crippen LogP contribution in [-0.4, -0.2) is 30.4 Å². The van der Waals surface area contributed by atoms with Crippen molar-refractivity contribution in [3.8, 4) is 0 Å². The molecule has 0 atom stereocenters. The third-order valence-corrected chi connectivity index (χ3v) is 5.73. The summed E-state index contributed by atoms with van der Waals surface area (Å²) in [6, 6.07) is 4.88. The van der Waals surface area contributed by atoms with E-state index in [-0.39, 0.29) is 17.5 Å². The van der Waals surface area contributed by atoms with Crippen LogP contribution in [0.15, 0.2) is 23.1 Å². The first-order valence-electron chi connectivity index (χ1n) is 7.56. The number of hydrogen-bond acceptors (Lipinski definition) is 3. The summed E-state index contributed by atoms with van der Waals surface area (Å²) < 4.78 is 27.1. The van der Waals surface area contributed by atoms with E-state index in [0.29, 0.717) is 12.1 Å². The maximum atomic E-state index is 12.8. The van der Waals surface area contributed by atoms with Gasteiger partial charge in [-0.3, -0.25) is 0 Å². The second-order valence-corrected chi connectivity index (χ2v) is 7.55. The number of aliphatic hydroxyl groups excluding tert-OH is 1. The predicted molar refractivity (Wildman–Crippen MR) is 85.7 cm³/mol. The number of hydrogen-bond donors (Lipinski definition) is 1. The van der Waals surface area contributed by atoms with Gasteiger partial charge in [-0.25, -0.2) is 8.42 Å². The summed E-state index contributed by atoms with van der Waals surface area (Å²) in [6.07, 6.45) is 2.95. The average Bonchev–Trinajstić information content (AvgIpc) is 2.43. The summed E-state index contributed by atoms with van der Waals surface area (Å²) in [5.74, 6) is 0. The number of nitrogens with zero attached hydrogens (tertiary/aromatic N) is 1. The second-order valence-electron chi connectivity index (χ2n) is 5.66. The number of benzene rings is 1. The number of unbranched alkanes of at least 4 members (excludes halogenated alkanes) is 2. The molecule has 120 valence electrons. The monoisotopic (exact) mass is 313 g/mol. The van der Waals surface area contributed by atoms with Crippen molar-refractivity contribution >= 4 is 10.0 Å². The van der Waals surface area contributed by atoms with E-state index in [1.54, 1.807) is 22.5 Å². The first kappa shape index (κ1) is 18.1. The van der Waals surface area contributed by atoms with Crippen LogP contribution in [0.4, 0.5) is 0 Å². The van der Waals surface area contributed by atoms with Crippen molar-refractivity contribution in [1.82, 2.24) is 4.31 Å². The van der Waals surface area contributed by atoms with Crippen molar-refractivity contribution in [2.75, 3.05) is 6.54 Å². The van der Waals surface area contributed by atoms with Gasteiger partial charge in [0.25, 0.3) is 0 Å². The Hall–Kier alpha value is -0.910. The van der Waals surface area contributed by atoms with Gasteiger partial charge in [0.2, 0.25) is 10.0 Å². The van der Waals surface area contributed by atoms with E-state index in [4.69, 9.17) is 0 Å². The van der Waals surface area contributed by atoms with Crippen molar-refractivity contribution in [2.45, 2.75) is 64.5 Å². The smallest absolute Gasteiger partial charge is 0.243 e. The Kier molecular flexibility index (Phi) is 6.84. The minimum absolute atomic E-state index is 0.0780. The Morgan fingerprint density at radius 2 is 1.90 bits per heavy atom. The van der Waals surface area contributed by atoms with Crippen molar-refractivity contribution < 1.29 is 13.5 Å². The number of aryl methyl sites for hydroxylation is 1. The van der Waals surface area contributed by atoms with E-state index in [9.17, 15) is 13.5 Å². The van der Waals surface area contributed by atoms with E-state index in [1.807, 2.05) is 20.8 Å². The van der Waals surface area contributed by atoms with Gasteiger partial charge < -0.3 is 5.11 Å². The molecular weight excluding hydrogens is 286 g/mol. The zero-order chi connectivity index (χ0) is 16.0. The maximum Gasteiger partial charge on any atom is 0.243 e. The molecule has 5 heteroatoms. The molecular formula is C16H27NO3S. The molecule has 0 fully saturated rings. The number of rotatable bonds is 8. The lowest BCUT2D eigenvalue weighted by Gasteiger charge is -2.26. The van der Waals surface area contributed by atoms with Crippen LogP contribution in [0.5, 0.6) is 0 Å². The first-order chi connectivity index (χ1) is 9.84. The van der Waals surface area contributed by atoms with Gasteiger partial charge in [-0.05, 0) is 50.5 Å². The second kappa shape index (κ2) is 7.92. The molecule has 0 aliphatic carbocycles. The fourth-order valence-corrected chi connectivity index (χ4v) is 4.01.